The van der Waals surface area contributed by atoms with Gasteiger partial charge >= 0.3 is 6.18 Å². The maximum Gasteiger partial charge on any atom is 0.416 e. The van der Waals surface area contributed by atoms with Gasteiger partial charge in [-0.15, -0.1) is 5.10 Å². The van der Waals surface area contributed by atoms with Crippen LogP contribution < -0.4 is 14.8 Å². The van der Waals surface area contributed by atoms with Crippen molar-refractivity contribution in [3.05, 3.63) is 97.2 Å². The SMILES string of the molecule is O=c1/c(=C/c2ccc(-c3cccc(C(F)(F)F)c3)o2)sc2nc(COc3ccc(Br)cc3)nn12. The number of rotatable bonds is 5. The number of furan rings is 1. The summed E-state index contributed by atoms with van der Waals surface area (Å²) in [5.74, 6) is 1.60. The van der Waals surface area contributed by atoms with E-state index in [-0.39, 0.29) is 23.5 Å². The molecule has 0 fully saturated rings. The number of fused-ring (bicyclic) bond motifs is 1. The van der Waals surface area contributed by atoms with Crippen LogP contribution in [0.25, 0.3) is 22.4 Å². The summed E-state index contributed by atoms with van der Waals surface area (Å²) in [6, 6.07) is 15.3. The molecule has 0 N–H and O–H groups in total. The Morgan fingerprint density at radius 2 is 1.91 bits per heavy atom. The molecule has 0 unspecified atom stereocenters. The van der Waals surface area contributed by atoms with Crippen molar-refractivity contribution in [2.45, 2.75) is 12.8 Å². The molecule has 2 aromatic carbocycles. The van der Waals surface area contributed by atoms with Crippen molar-refractivity contribution in [2.75, 3.05) is 0 Å². The smallest absolute Gasteiger partial charge is 0.416 e. The van der Waals surface area contributed by atoms with Gasteiger partial charge in [0.05, 0.1) is 5.56 Å². The molecule has 0 bridgehead atoms. The predicted octanol–water partition coefficient (Wildman–Crippen LogP) is 5.32. The summed E-state index contributed by atoms with van der Waals surface area (Å²) < 4.78 is 52.7. The fourth-order valence-electron chi connectivity index (χ4n) is 3.18. The van der Waals surface area contributed by atoms with E-state index < -0.39 is 11.7 Å². The summed E-state index contributed by atoms with van der Waals surface area (Å²) in [7, 11) is 0. The molecule has 0 spiro atoms. The van der Waals surface area contributed by atoms with Crippen LogP contribution in [-0.4, -0.2) is 14.6 Å². The second-order valence-electron chi connectivity index (χ2n) is 7.16. The van der Waals surface area contributed by atoms with Gasteiger partial charge in [-0.05, 0) is 48.5 Å². The number of thiazole rings is 1. The van der Waals surface area contributed by atoms with E-state index >= 15 is 0 Å². The standard InChI is InChI=1S/C23H13BrF3N3O3S/c24-15-4-6-16(7-5-15)32-12-20-28-22-30(29-20)21(31)19(34-22)11-17-8-9-18(33-17)13-2-1-3-14(10-13)23(25,26)27/h1-11H,12H2/b19-11-. The summed E-state index contributed by atoms with van der Waals surface area (Å²) in [6.07, 6.45) is -2.94. The number of benzene rings is 2. The summed E-state index contributed by atoms with van der Waals surface area (Å²) in [6.45, 7) is 0.104. The zero-order valence-corrected chi connectivity index (χ0v) is 19.4. The van der Waals surface area contributed by atoms with E-state index in [9.17, 15) is 18.0 Å². The van der Waals surface area contributed by atoms with E-state index in [1.54, 1.807) is 24.3 Å². The number of ether oxygens (including phenoxy) is 1. The molecule has 0 saturated carbocycles. The number of halogens is 4. The average Bonchev–Trinajstić information content (AvgIpc) is 3.50. The molecule has 172 valence electrons. The molecule has 6 nitrogen and oxygen atoms in total. The summed E-state index contributed by atoms with van der Waals surface area (Å²) in [5.41, 5.74) is -0.853. The fraction of sp³-hybridized carbons (Fsp3) is 0.0870. The number of nitrogens with zero attached hydrogens (tertiary/aromatic N) is 3. The van der Waals surface area contributed by atoms with Crippen LogP contribution in [0.5, 0.6) is 5.75 Å². The topological polar surface area (TPSA) is 69.6 Å². The van der Waals surface area contributed by atoms with Crippen LogP contribution in [0.3, 0.4) is 0 Å². The van der Waals surface area contributed by atoms with E-state index in [1.807, 2.05) is 12.1 Å². The first-order valence-corrected chi connectivity index (χ1v) is 11.4. The molecular weight excluding hydrogens is 535 g/mol. The normalized spacial score (nSPS) is 12.5. The predicted molar refractivity (Wildman–Crippen MR) is 124 cm³/mol. The van der Waals surface area contributed by atoms with Crippen molar-refractivity contribution in [3.8, 4) is 17.1 Å². The van der Waals surface area contributed by atoms with Crippen LogP contribution in [0.4, 0.5) is 13.2 Å². The molecule has 3 heterocycles. The minimum absolute atomic E-state index is 0.104. The first kappa shape index (κ1) is 22.4. The summed E-state index contributed by atoms with van der Waals surface area (Å²) >= 11 is 4.48. The molecule has 0 aliphatic carbocycles. The number of hydrogen-bond donors (Lipinski definition) is 0. The molecule has 11 heteroatoms. The molecular formula is C23H13BrF3N3O3S. The van der Waals surface area contributed by atoms with Crippen LogP contribution in [-0.2, 0) is 12.8 Å². The lowest BCUT2D eigenvalue weighted by molar-refractivity contribution is -0.137. The number of aromatic nitrogens is 3. The molecule has 0 atom stereocenters. The highest BCUT2D eigenvalue weighted by atomic mass is 79.9. The van der Waals surface area contributed by atoms with E-state index in [4.69, 9.17) is 9.15 Å². The van der Waals surface area contributed by atoms with Crippen LogP contribution in [0.15, 0.2) is 74.3 Å². The van der Waals surface area contributed by atoms with Gasteiger partial charge in [0.25, 0.3) is 5.56 Å². The molecule has 3 aromatic heterocycles. The second-order valence-corrected chi connectivity index (χ2v) is 9.09. The highest BCUT2D eigenvalue weighted by molar-refractivity contribution is 9.10. The van der Waals surface area contributed by atoms with Gasteiger partial charge in [0.15, 0.2) is 5.82 Å². The molecule has 0 radical (unpaired) electrons. The average molecular weight is 548 g/mol. The van der Waals surface area contributed by atoms with Crippen molar-refractivity contribution in [1.82, 2.24) is 14.6 Å². The Balaban J connectivity index is 1.37. The number of hydrogen-bond acceptors (Lipinski definition) is 6. The maximum absolute atomic E-state index is 13.0. The highest BCUT2D eigenvalue weighted by Crippen LogP contribution is 2.32. The lowest BCUT2D eigenvalue weighted by Crippen LogP contribution is -2.23. The summed E-state index contributed by atoms with van der Waals surface area (Å²) in [4.78, 5) is 17.4. The number of alkyl halides is 3. The quantitative estimate of drug-likeness (QED) is 0.298. The first-order valence-electron chi connectivity index (χ1n) is 9.82. The molecule has 0 amide bonds. The van der Waals surface area contributed by atoms with Gasteiger partial charge in [-0.25, -0.2) is 0 Å². The molecule has 0 aliphatic heterocycles. The highest BCUT2D eigenvalue weighted by Gasteiger charge is 2.30. The molecule has 5 rings (SSSR count). The van der Waals surface area contributed by atoms with Gasteiger partial charge in [0.2, 0.25) is 4.96 Å². The minimum Gasteiger partial charge on any atom is -0.486 e. The Morgan fingerprint density at radius 1 is 1.12 bits per heavy atom. The third kappa shape index (κ3) is 4.62. The van der Waals surface area contributed by atoms with Crippen LogP contribution in [0.1, 0.15) is 17.1 Å². The monoisotopic (exact) mass is 547 g/mol. The van der Waals surface area contributed by atoms with Crippen molar-refractivity contribution in [1.29, 1.82) is 0 Å². The zero-order chi connectivity index (χ0) is 23.9. The zero-order valence-electron chi connectivity index (χ0n) is 17.0. The third-order valence-corrected chi connectivity index (χ3v) is 6.27. The largest absolute Gasteiger partial charge is 0.486 e. The van der Waals surface area contributed by atoms with Crippen LogP contribution in [0.2, 0.25) is 0 Å². The van der Waals surface area contributed by atoms with Crippen molar-refractivity contribution in [2.24, 2.45) is 0 Å². The molecule has 34 heavy (non-hydrogen) atoms. The van der Waals surface area contributed by atoms with Gasteiger partial charge in [0.1, 0.15) is 28.4 Å². The summed E-state index contributed by atoms with van der Waals surface area (Å²) in [5, 5.41) is 4.20. The van der Waals surface area contributed by atoms with E-state index in [2.05, 4.69) is 26.0 Å². The van der Waals surface area contributed by atoms with Gasteiger partial charge in [0, 0.05) is 16.1 Å². The second kappa shape index (κ2) is 8.73. The van der Waals surface area contributed by atoms with Crippen LogP contribution in [0, 0.1) is 0 Å². The van der Waals surface area contributed by atoms with Crippen molar-refractivity contribution >= 4 is 38.3 Å². The Bertz CT molecular complexity index is 1590. The first-order chi connectivity index (χ1) is 16.3. The van der Waals surface area contributed by atoms with Gasteiger partial charge in [-0.1, -0.05) is 39.4 Å². The lowest BCUT2D eigenvalue weighted by Gasteiger charge is -2.07. The van der Waals surface area contributed by atoms with Crippen molar-refractivity contribution in [3.63, 3.8) is 0 Å². The Labute approximate surface area is 202 Å². The Hall–Kier alpha value is -3.44. The Morgan fingerprint density at radius 3 is 2.65 bits per heavy atom. The third-order valence-electron chi connectivity index (χ3n) is 4.78. The van der Waals surface area contributed by atoms with Crippen LogP contribution >= 0.6 is 27.3 Å². The molecule has 5 aromatic rings. The molecule has 0 aliphatic rings. The molecule has 0 saturated heterocycles. The lowest BCUT2D eigenvalue weighted by atomic mass is 10.1. The van der Waals surface area contributed by atoms with E-state index in [0.717, 1.165) is 27.9 Å². The van der Waals surface area contributed by atoms with Gasteiger partial charge < -0.3 is 9.15 Å². The van der Waals surface area contributed by atoms with Gasteiger partial charge in [-0.3, -0.25) is 4.79 Å². The van der Waals surface area contributed by atoms with Gasteiger partial charge in [-0.2, -0.15) is 22.7 Å². The Kier molecular flexibility index (Phi) is 5.74. The fourth-order valence-corrected chi connectivity index (χ4v) is 4.35. The van der Waals surface area contributed by atoms with E-state index in [1.165, 1.54) is 22.7 Å². The maximum atomic E-state index is 13.0. The van der Waals surface area contributed by atoms with E-state index in [0.29, 0.717) is 26.8 Å². The minimum atomic E-state index is -4.45. The van der Waals surface area contributed by atoms with Crippen molar-refractivity contribution < 1.29 is 22.3 Å².